The summed E-state index contributed by atoms with van der Waals surface area (Å²) in [7, 11) is 0. The monoisotopic (exact) mass is 481 g/mol. The van der Waals surface area contributed by atoms with Crippen molar-refractivity contribution in [2.75, 3.05) is 23.4 Å². The van der Waals surface area contributed by atoms with E-state index in [1.54, 1.807) is 0 Å². The average molecular weight is 482 g/mol. The number of hydrogen-bond donors (Lipinski definition) is 2. The predicted octanol–water partition coefficient (Wildman–Crippen LogP) is 4.85. The zero-order chi connectivity index (χ0) is 23.2. The molecule has 2 N–H and O–H groups in total. The van der Waals surface area contributed by atoms with Crippen LogP contribution in [-0.2, 0) is 11.2 Å². The van der Waals surface area contributed by atoms with Crippen LogP contribution in [0.15, 0.2) is 10.6 Å². The number of fused-ring (bicyclic) bond motifs is 1. The van der Waals surface area contributed by atoms with Gasteiger partial charge in [0.25, 0.3) is 0 Å². The van der Waals surface area contributed by atoms with Crippen LogP contribution in [0.3, 0.4) is 0 Å². The third-order valence-corrected chi connectivity index (χ3v) is 8.06. The van der Waals surface area contributed by atoms with Gasteiger partial charge in [0.15, 0.2) is 10.9 Å². The predicted molar refractivity (Wildman–Crippen MR) is 120 cm³/mol. The van der Waals surface area contributed by atoms with Crippen molar-refractivity contribution < 1.29 is 22.8 Å². The number of carbonyl (C=O) groups is 1. The number of amides is 2. The van der Waals surface area contributed by atoms with E-state index in [0.29, 0.717) is 43.4 Å². The van der Waals surface area contributed by atoms with Gasteiger partial charge in [-0.3, -0.25) is 5.32 Å². The van der Waals surface area contributed by atoms with Gasteiger partial charge in [0.2, 0.25) is 5.92 Å². The number of nitrogens with zero attached hydrogens (tertiary/aromatic N) is 3. The van der Waals surface area contributed by atoms with Gasteiger partial charge in [0.05, 0.1) is 29.3 Å². The second-order valence-corrected chi connectivity index (χ2v) is 10.4. The highest BCUT2D eigenvalue weighted by Gasteiger charge is 2.38. The van der Waals surface area contributed by atoms with Crippen molar-refractivity contribution in [3.8, 4) is 0 Å². The fourth-order valence-corrected chi connectivity index (χ4v) is 6.12. The molecule has 0 aromatic carbocycles. The molecule has 0 radical (unpaired) electrons. The van der Waals surface area contributed by atoms with Crippen molar-refractivity contribution >= 4 is 28.3 Å². The second-order valence-electron chi connectivity index (χ2n) is 9.34. The number of carbonyl (C=O) groups excluding carboxylic acids is 1. The van der Waals surface area contributed by atoms with Crippen LogP contribution in [0.5, 0.6) is 0 Å². The molecular weight excluding hydrogens is 452 g/mol. The molecule has 4 heterocycles. The first-order valence-corrected chi connectivity index (χ1v) is 12.4. The highest BCUT2D eigenvalue weighted by atomic mass is 32.1. The van der Waals surface area contributed by atoms with Crippen LogP contribution in [0.25, 0.3) is 0 Å². The molecule has 2 aromatic rings. The lowest BCUT2D eigenvalue weighted by atomic mass is 9.85. The minimum atomic E-state index is -2.56. The van der Waals surface area contributed by atoms with E-state index in [2.05, 4.69) is 39.5 Å². The van der Waals surface area contributed by atoms with Gasteiger partial charge in [-0.15, -0.1) is 0 Å². The van der Waals surface area contributed by atoms with E-state index < -0.39 is 5.92 Å². The summed E-state index contributed by atoms with van der Waals surface area (Å²) in [5.41, 5.74) is 0.981. The van der Waals surface area contributed by atoms with Crippen molar-refractivity contribution in [2.45, 2.75) is 82.3 Å². The smallest absolute Gasteiger partial charge is 0.321 e. The fraction of sp³-hybridized carbons (Fsp3) is 0.682. The molecule has 1 aliphatic carbocycles. The highest BCUT2D eigenvalue weighted by molar-refractivity contribution is 7.16. The Labute approximate surface area is 195 Å². The number of rotatable bonds is 4. The largest absolute Gasteiger partial charge is 0.379 e. The van der Waals surface area contributed by atoms with Crippen LogP contribution >= 0.6 is 11.3 Å². The lowest BCUT2D eigenvalue weighted by molar-refractivity contribution is -0.0398. The molecule has 2 fully saturated rings. The number of halogens is 2. The molecule has 2 aliphatic heterocycles. The molecule has 5 rings (SSSR count). The number of hydrogen-bond acceptors (Lipinski definition) is 7. The Kier molecular flexibility index (Phi) is 6.02. The van der Waals surface area contributed by atoms with E-state index in [4.69, 9.17) is 9.26 Å². The summed E-state index contributed by atoms with van der Waals surface area (Å²) < 4.78 is 37.9. The molecule has 8 nitrogen and oxygen atoms in total. The standard InChI is InChI=1S/C22H29F2N5O3S/c1-12-9-16-19(33-21(26-16)27-20(30)25-15-5-8-31-11-15)13(2)29(12)18-10-17(32-28-18)14-3-6-22(23,24)7-4-14/h10,12-15H,3-9,11H2,1-2H3,(H2,25,26,27,30)/t12-,13+,15-/m1/s1. The van der Waals surface area contributed by atoms with Crippen LogP contribution in [0.4, 0.5) is 24.5 Å². The van der Waals surface area contributed by atoms with Gasteiger partial charge in [-0.05, 0) is 33.1 Å². The van der Waals surface area contributed by atoms with Crippen molar-refractivity contribution in [3.63, 3.8) is 0 Å². The maximum absolute atomic E-state index is 13.5. The Hall–Kier alpha value is -2.27. The third-order valence-electron chi connectivity index (χ3n) is 6.87. The van der Waals surface area contributed by atoms with Crippen molar-refractivity contribution in [3.05, 3.63) is 22.4 Å². The quantitative estimate of drug-likeness (QED) is 0.649. The van der Waals surface area contributed by atoms with E-state index in [0.717, 1.165) is 22.8 Å². The van der Waals surface area contributed by atoms with Gasteiger partial charge in [-0.25, -0.2) is 18.6 Å². The van der Waals surface area contributed by atoms with Crippen molar-refractivity contribution in [1.29, 1.82) is 0 Å². The summed E-state index contributed by atoms with van der Waals surface area (Å²) in [6.07, 6.45) is 2.14. The molecule has 3 aliphatic rings. The minimum absolute atomic E-state index is 0.00303. The van der Waals surface area contributed by atoms with Gasteiger partial charge in [-0.2, -0.15) is 0 Å². The SMILES string of the molecule is C[C@@H]1Cc2nc(NC(=O)N[C@@H]3CCOC3)sc2[C@H](C)N1c1cc(C2CCC(F)(F)CC2)on1. The maximum atomic E-state index is 13.5. The molecule has 1 saturated carbocycles. The summed E-state index contributed by atoms with van der Waals surface area (Å²) in [5.74, 6) is -1.18. The second kappa shape index (κ2) is 8.83. The van der Waals surface area contributed by atoms with Gasteiger partial charge in [0, 0.05) is 43.9 Å². The molecule has 0 unspecified atom stereocenters. The highest BCUT2D eigenvalue weighted by Crippen LogP contribution is 2.44. The maximum Gasteiger partial charge on any atom is 0.321 e. The van der Waals surface area contributed by atoms with Crippen LogP contribution in [0, 0.1) is 0 Å². The molecule has 3 atom stereocenters. The molecule has 2 aromatic heterocycles. The van der Waals surface area contributed by atoms with Gasteiger partial charge in [-0.1, -0.05) is 16.5 Å². The topological polar surface area (TPSA) is 92.5 Å². The van der Waals surface area contributed by atoms with E-state index >= 15 is 0 Å². The Bertz CT molecular complexity index is 996. The summed E-state index contributed by atoms with van der Waals surface area (Å²) in [4.78, 5) is 20.2. The summed E-state index contributed by atoms with van der Waals surface area (Å²) >= 11 is 1.47. The van der Waals surface area contributed by atoms with Crippen LogP contribution in [0.1, 0.15) is 74.2 Å². The van der Waals surface area contributed by atoms with Crippen LogP contribution in [-0.4, -0.2) is 47.4 Å². The number of aromatic nitrogens is 2. The first-order valence-electron chi connectivity index (χ1n) is 11.6. The normalized spacial score (nSPS) is 27.4. The fourth-order valence-electron chi connectivity index (χ4n) is 5.09. The number of alkyl halides is 2. The van der Waals surface area contributed by atoms with Gasteiger partial charge >= 0.3 is 6.03 Å². The molecule has 0 spiro atoms. The van der Waals surface area contributed by atoms with E-state index in [-0.39, 0.29) is 42.9 Å². The number of urea groups is 1. The lowest BCUT2D eigenvalue weighted by Gasteiger charge is -2.37. The molecule has 1 saturated heterocycles. The zero-order valence-electron chi connectivity index (χ0n) is 18.8. The first kappa shape index (κ1) is 22.5. The Morgan fingerprint density at radius 2 is 2.06 bits per heavy atom. The Morgan fingerprint density at radius 3 is 2.79 bits per heavy atom. The molecule has 33 heavy (non-hydrogen) atoms. The minimum Gasteiger partial charge on any atom is -0.379 e. The summed E-state index contributed by atoms with van der Waals surface area (Å²) in [6.45, 7) is 5.39. The third kappa shape index (κ3) is 4.70. The van der Waals surface area contributed by atoms with Crippen LogP contribution < -0.4 is 15.5 Å². The lowest BCUT2D eigenvalue weighted by Crippen LogP contribution is -2.41. The van der Waals surface area contributed by atoms with E-state index in [1.165, 1.54) is 11.3 Å². The molecular formula is C22H29F2N5O3S. The van der Waals surface area contributed by atoms with Crippen molar-refractivity contribution in [2.24, 2.45) is 0 Å². The van der Waals surface area contributed by atoms with Gasteiger partial charge in [0.1, 0.15) is 5.76 Å². The first-order chi connectivity index (χ1) is 15.8. The van der Waals surface area contributed by atoms with Gasteiger partial charge < -0.3 is 19.5 Å². The average Bonchev–Trinajstić information content (AvgIpc) is 3.50. The number of thiazole rings is 1. The van der Waals surface area contributed by atoms with E-state index in [1.807, 2.05) is 6.07 Å². The Balaban J connectivity index is 1.27. The summed E-state index contributed by atoms with van der Waals surface area (Å²) in [5, 5.41) is 10.6. The molecule has 180 valence electrons. The Morgan fingerprint density at radius 1 is 1.27 bits per heavy atom. The molecule has 0 bridgehead atoms. The number of nitrogens with one attached hydrogen (secondary N) is 2. The van der Waals surface area contributed by atoms with Crippen LogP contribution in [0.2, 0.25) is 0 Å². The van der Waals surface area contributed by atoms with E-state index in [9.17, 15) is 13.6 Å². The molecule has 11 heteroatoms. The molecule has 2 amide bonds. The summed E-state index contributed by atoms with van der Waals surface area (Å²) in [6, 6.07) is 1.79. The number of anilines is 2. The van der Waals surface area contributed by atoms with Crippen molar-refractivity contribution in [1.82, 2.24) is 15.5 Å². The zero-order valence-corrected chi connectivity index (χ0v) is 19.6. The number of ether oxygens (including phenoxy) is 1.